The number of hydrogen-bond donors (Lipinski definition) is 1. The minimum atomic E-state index is -2.33. The van der Waals surface area contributed by atoms with Crippen molar-refractivity contribution in [2.45, 2.75) is 13.0 Å². The molecule has 0 spiro atoms. The van der Waals surface area contributed by atoms with Gasteiger partial charge >= 0.3 is 0 Å². The Morgan fingerprint density at radius 3 is 2.93 bits per heavy atom. The van der Waals surface area contributed by atoms with E-state index in [-0.39, 0.29) is 18.2 Å². The van der Waals surface area contributed by atoms with Crippen molar-refractivity contribution in [3.63, 3.8) is 0 Å². The summed E-state index contributed by atoms with van der Waals surface area (Å²) < 4.78 is 26.1. The summed E-state index contributed by atoms with van der Waals surface area (Å²) in [5, 5.41) is 2.26. The third kappa shape index (κ3) is 3.53. The highest BCUT2D eigenvalue weighted by atomic mass is 35.5. The molecule has 0 aliphatic carbocycles. The fourth-order valence-electron chi connectivity index (χ4n) is 1.09. The van der Waals surface area contributed by atoms with Gasteiger partial charge in [-0.2, -0.15) is 0 Å². The first-order valence-corrected chi connectivity index (χ1v) is 4.29. The standard InChI is InChI=1S/C11H15NO2.ClH/c1-8(12-2)11(13)9-5-4-6-10(7-9)14-3;/h4-8,12H,1-3H3;1H/i2D3;. The van der Waals surface area contributed by atoms with Crippen LogP contribution in [0.3, 0.4) is 0 Å². The van der Waals surface area contributed by atoms with E-state index in [2.05, 4.69) is 5.32 Å². The van der Waals surface area contributed by atoms with Crippen LogP contribution in [-0.4, -0.2) is 25.9 Å². The van der Waals surface area contributed by atoms with Gasteiger partial charge in [-0.15, -0.1) is 12.4 Å². The van der Waals surface area contributed by atoms with Gasteiger partial charge in [0.05, 0.1) is 13.2 Å². The van der Waals surface area contributed by atoms with Crippen LogP contribution < -0.4 is 10.1 Å². The average Bonchev–Trinajstić information content (AvgIpc) is 2.26. The van der Waals surface area contributed by atoms with Gasteiger partial charge < -0.3 is 10.1 Å². The number of Topliss-reactive ketones (excluding diaryl/α,β-unsaturated/α-hetero) is 1. The van der Waals surface area contributed by atoms with Crippen LogP contribution in [0, 0.1) is 0 Å². The summed E-state index contributed by atoms with van der Waals surface area (Å²) in [4.78, 5) is 11.9. The molecular weight excluding hydrogens is 214 g/mol. The first kappa shape index (κ1) is 9.19. The smallest absolute Gasteiger partial charge is 0.179 e. The summed E-state index contributed by atoms with van der Waals surface area (Å²) in [6.45, 7) is -0.803. The number of likely N-dealkylation sites (N-methyl/N-ethyl adjacent to an activating group) is 1. The molecule has 0 aromatic heterocycles. The lowest BCUT2D eigenvalue weighted by Crippen LogP contribution is -2.30. The molecule has 0 amide bonds. The summed E-state index contributed by atoms with van der Waals surface area (Å²) in [5.41, 5.74) is 0.425. The topological polar surface area (TPSA) is 38.3 Å². The molecule has 0 saturated heterocycles. The van der Waals surface area contributed by atoms with Gasteiger partial charge in [-0.3, -0.25) is 4.79 Å². The van der Waals surface area contributed by atoms with Crippen molar-refractivity contribution in [1.82, 2.24) is 5.32 Å². The molecule has 0 aliphatic heterocycles. The Kier molecular flexibility index (Phi) is 3.94. The van der Waals surface area contributed by atoms with Crippen molar-refractivity contribution in [1.29, 1.82) is 0 Å². The number of ether oxygens (including phenoxy) is 1. The first-order valence-electron chi connectivity index (χ1n) is 5.79. The van der Waals surface area contributed by atoms with Crippen LogP contribution in [0.25, 0.3) is 0 Å². The molecule has 15 heavy (non-hydrogen) atoms. The zero-order valence-electron chi connectivity index (χ0n) is 11.6. The quantitative estimate of drug-likeness (QED) is 0.806. The molecule has 1 aromatic rings. The molecule has 0 heterocycles. The van der Waals surface area contributed by atoms with Gasteiger partial charge in [0.2, 0.25) is 0 Å². The van der Waals surface area contributed by atoms with Gasteiger partial charge in [0, 0.05) is 9.68 Å². The maximum atomic E-state index is 11.9. The van der Waals surface area contributed by atoms with Crippen molar-refractivity contribution < 1.29 is 13.6 Å². The Hall–Kier alpha value is -1.06. The molecule has 1 N–H and O–H groups in total. The van der Waals surface area contributed by atoms with Crippen LogP contribution in [0.4, 0.5) is 0 Å². The van der Waals surface area contributed by atoms with Crippen molar-refractivity contribution >= 4 is 18.2 Å². The van der Waals surface area contributed by atoms with Crippen LogP contribution in [0.1, 0.15) is 21.4 Å². The van der Waals surface area contributed by atoms with Gasteiger partial charge in [0.1, 0.15) is 5.75 Å². The Morgan fingerprint density at radius 2 is 2.33 bits per heavy atom. The number of benzene rings is 1. The van der Waals surface area contributed by atoms with Crippen LogP contribution >= 0.6 is 12.4 Å². The number of hydrogen-bond acceptors (Lipinski definition) is 3. The number of carbonyl (C=O) groups is 1. The molecule has 1 unspecified atom stereocenters. The predicted molar refractivity (Wildman–Crippen MR) is 63.1 cm³/mol. The van der Waals surface area contributed by atoms with Crippen molar-refractivity contribution in [2.24, 2.45) is 0 Å². The number of nitrogens with one attached hydrogen (secondary N) is 1. The van der Waals surface area contributed by atoms with E-state index in [9.17, 15) is 4.79 Å². The summed E-state index contributed by atoms with van der Waals surface area (Å²) in [6, 6.07) is 5.85. The summed E-state index contributed by atoms with van der Waals surface area (Å²) in [6.07, 6.45) is 0. The second-order valence-corrected chi connectivity index (χ2v) is 2.96. The van der Waals surface area contributed by atoms with Crippen LogP contribution in [-0.2, 0) is 0 Å². The molecule has 4 heteroatoms. The number of rotatable bonds is 4. The third-order valence-corrected chi connectivity index (χ3v) is 1.96. The van der Waals surface area contributed by atoms with E-state index in [0.717, 1.165) is 0 Å². The summed E-state index contributed by atoms with van der Waals surface area (Å²) >= 11 is 0. The molecule has 0 bridgehead atoms. The second-order valence-electron chi connectivity index (χ2n) is 2.96. The summed E-state index contributed by atoms with van der Waals surface area (Å²) in [5.74, 6) is 0.289. The minimum Gasteiger partial charge on any atom is -0.497 e. The van der Waals surface area contributed by atoms with Gasteiger partial charge in [0.15, 0.2) is 5.78 Å². The van der Waals surface area contributed by atoms with E-state index in [0.29, 0.717) is 11.3 Å². The van der Waals surface area contributed by atoms with Gasteiger partial charge in [-0.1, -0.05) is 12.1 Å². The van der Waals surface area contributed by atoms with E-state index in [4.69, 9.17) is 8.85 Å². The zero-order valence-corrected chi connectivity index (χ0v) is 9.43. The molecule has 3 nitrogen and oxygen atoms in total. The number of ketones is 1. The molecule has 1 rings (SSSR count). The molecule has 0 fully saturated rings. The van der Waals surface area contributed by atoms with Crippen LogP contribution in [0.5, 0.6) is 5.75 Å². The second kappa shape index (κ2) is 6.43. The largest absolute Gasteiger partial charge is 0.497 e. The number of carbonyl (C=O) groups excluding carboxylic acids is 1. The molecule has 0 aliphatic rings. The molecule has 0 radical (unpaired) electrons. The summed E-state index contributed by atoms with van der Waals surface area (Å²) in [7, 11) is 1.51. The van der Waals surface area contributed by atoms with E-state index < -0.39 is 13.0 Å². The molecule has 1 atom stereocenters. The number of methoxy groups -OCH3 is 1. The average molecular weight is 233 g/mol. The van der Waals surface area contributed by atoms with E-state index in [1.165, 1.54) is 14.0 Å². The maximum Gasteiger partial charge on any atom is 0.179 e. The van der Waals surface area contributed by atoms with Gasteiger partial charge in [-0.05, 0) is 26.0 Å². The zero-order chi connectivity index (χ0) is 13.1. The lowest BCUT2D eigenvalue weighted by Gasteiger charge is -2.09. The first-order chi connectivity index (χ1) is 7.83. The monoisotopic (exact) mass is 232 g/mol. The lowest BCUT2D eigenvalue weighted by molar-refractivity contribution is 0.0954. The maximum absolute atomic E-state index is 11.9. The SMILES string of the molecule is Cl.[2H]C([2H])([2H])NC(C)C(=O)c1cccc(OC)c1. The Bertz CT molecular complexity index is 410. The fourth-order valence-corrected chi connectivity index (χ4v) is 1.09. The van der Waals surface area contributed by atoms with E-state index in [1.807, 2.05) is 0 Å². The molecule has 0 saturated carbocycles. The highest BCUT2D eigenvalue weighted by molar-refractivity contribution is 6.00. The number of halogens is 1. The van der Waals surface area contributed by atoms with Crippen molar-refractivity contribution in [2.75, 3.05) is 14.1 Å². The Morgan fingerprint density at radius 1 is 1.60 bits per heavy atom. The highest BCUT2D eigenvalue weighted by Crippen LogP contribution is 2.13. The van der Waals surface area contributed by atoms with Crippen molar-refractivity contribution in [3.8, 4) is 5.75 Å². The minimum absolute atomic E-state index is 0. The lowest BCUT2D eigenvalue weighted by atomic mass is 10.1. The van der Waals surface area contributed by atoms with E-state index in [1.54, 1.807) is 24.3 Å². The highest BCUT2D eigenvalue weighted by Gasteiger charge is 2.12. The Labute approximate surface area is 100 Å². The predicted octanol–water partition coefficient (Wildman–Crippen LogP) is 1.91. The van der Waals surface area contributed by atoms with E-state index >= 15 is 0 Å². The van der Waals surface area contributed by atoms with Gasteiger partial charge in [-0.25, -0.2) is 0 Å². The third-order valence-electron chi connectivity index (χ3n) is 1.96. The van der Waals surface area contributed by atoms with Crippen LogP contribution in [0.2, 0.25) is 0 Å². The van der Waals surface area contributed by atoms with Gasteiger partial charge in [0.25, 0.3) is 0 Å². The Balaban J connectivity index is 0.00000289. The molecule has 84 valence electrons. The van der Waals surface area contributed by atoms with Crippen LogP contribution in [0.15, 0.2) is 24.3 Å². The molecule has 1 aromatic carbocycles. The van der Waals surface area contributed by atoms with Crippen molar-refractivity contribution in [3.05, 3.63) is 29.8 Å². The fraction of sp³-hybridized carbons (Fsp3) is 0.364. The molecular formula is C11H16ClNO2. The normalized spacial score (nSPS) is 15.2.